The number of nitrogens with zero attached hydrogens (tertiary/aromatic N) is 4. The Hall–Kier alpha value is -1.63. The minimum atomic E-state index is -0.152. The Morgan fingerprint density at radius 3 is 2.74 bits per heavy atom. The summed E-state index contributed by atoms with van der Waals surface area (Å²) in [6.07, 6.45) is 1.12. The third kappa shape index (κ3) is 4.92. The largest absolute Gasteiger partial charge is 0.371 e. The van der Waals surface area contributed by atoms with Crippen LogP contribution >= 0.6 is 0 Å². The highest BCUT2D eigenvalue weighted by Gasteiger charge is 2.24. The van der Waals surface area contributed by atoms with E-state index in [4.69, 9.17) is 9.26 Å². The monoisotopic (exact) mass is 323 g/mol. The normalized spacial score (nSPS) is 23.9. The Kier molecular flexibility index (Phi) is 6.38. The first-order valence-corrected chi connectivity index (χ1v) is 8.43. The molecule has 2 heterocycles. The lowest BCUT2D eigenvalue weighted by molar-refractivity contribution is 0.0683. The van der Waals surface area contributed by atoms with Crippen molar-refractivity contribution < 1.29 is 9.26 Å². The molecule has 130 valence electrons. The summed E-state index contributed by atoms with van der Waals surface area (Å²) in [4.78, 5) is 11.1. The van der Waals surface area contributed by atoms with Crippen molar-refractivity contribution in [1.82, 2.24) is 20.4 Å². The molecule has 3 atom stereocenters. The van der Waals surface area contributed by atoms with Crippen LogP contribution in [0.2, 0.25) is 0 Å². The fourth-order valence-corrected chi connectivity index (χ4v) is 3.15. The molecule has 7 nitrogen and oxygen atoms in total. The maximum atomic E-state index is 5.47. The standard InChI is InChI=1S/C16H29N5O2/c1-6-22-13(4)15-19-14(23-20-15)8-18-16(17-5)21-9-11(2)7-12(3)10-21/h11-13H,6-10H2,1-5H3,(H,17,18). The van der Waals surface area contributed by atoms with E-state index in [9.17, 15) is 0 Å². The SMILES string of the molecule is CCOC(C)c1noc(CNC(=NC)N2CC(C)CC(C)C2)n1. The average molecular weight is 323 g/mol. The lowest BCUT2D eigenvalue weighted by Gasteiger charge is -2.36. The predicted molar refractivity (Wildman–Crippen MR) is 89.1 cm³/mol. The summed E-state index contributed by atoms with van der Waals surface area (Å²) in [6.45, 7) is 11.6. The van der Waals surface area contributed by atoms with E-state index in [1.165, 1.54) is 6.42 Å². The minimum Gasteiger partial charge on any atom is -0.371 e. The van der Waals surface area contributed by atoms with E-state index >= 15 is 0 Å². The van der Waals surface area contributed by atoms with Crippen LogP contribution in [0, 0.1) is 11.8 Å². The maximum Gasteiger partial charge on any atom is 0.246 e. The van der Waals surface area contributed by atoms with Crippen molar-refractivity contribution >= 4 is 5.96 Å². The molecule has 1 saturated heterocycles. The van der Waals surface area contributed by atoms with Gasteiger partial charge >= 0.3 is 0 Å². The average Bonchev–Trinajstić information content (AvgIpc) is 2.96. The van der Waals surface area contributed by atoms with Gasteiger partial charge in [-0.2, -0.15) is 4.98 Å². The highest BCUT2D eigenvalue weighted by Crippen LogP contribution is 2.21. The molecule has 0 spiro atoms. The number of hydrogen-bond acceptors (Lipinski definition) is 5. The highest BCUT2D eigenvalue weighted by molar-refractivity contribution is 5.79. The van der Waals surface area contributed by atoms with Gasteiger partial charge in [-0.15, -0.1) is 0 Å². The molecular weight excluding hydrogens is 294 g/mol. The van der Waals surface area contributed by atoms with E-state index in [-0.39, 0.29) is 6.10 Å². The lowest BCUT2D eigenvalue weighted by atomic mass is 9.92. The fraction of sp³-hybridized carbons (Fsp3) is 0.812. The van der Waals surface area contributed by atoms with Gasteiger partial charge < -0.3 is 19.5 Å². The van der Waals surface area contributed by atoms with Gasteiger partial charge in [-0.3, -0.25) is 4.99 Å². The molecule has 1 fully saturated rings. The number of likely N-dealkylation sites (tertiary alicyclic amines) is 1. The van der Waals surface area contributed by atoms with Gasteiger partial charge in [-0.05, 0) is 32.1 Å². The number of nitrogens with one attached hydrogen (secondary N) is 1. The maximum absolute atomic E-state index is 5.47. The van der Waals surface area contributed by atoms with E-state index in [1.54, 1.807) is 0 Å². The molecule has 2 rings (SSSR count). The molecule has 1 aromatic heterocycles. The Labute approximate surface area is 138 Å². The predicted octanol–water partition coefficient (Wildman–Crippen LogP) is 2.22. The summed E-state index contributed by atoms with van der Waals surface area (Å²) < 4.78 is 10.7. The molecule has 1 N–H and O–H groups in total. The van der Waals surface area contributed by atoms with E-state index in [0.29, 0.717) is 36.7 Å². The second-order valence-electron chi connectivity index (χ2n) is 6.40. The zero-order valence-electron chi connectivity index (χ0n) is 14.9. The number of guanidine groups is 1. The van der Waals surface area contributed by atoms with Crippen LogP contribution in [-0.4, -0.2) is 47.7 Å². The molecule has 1 aliphatic rings. The Morgan fingerprint density at radius 1 is 1.43 bits per heavy atom. The van der Waals surface area contributed by atoms with E-state index in [2.05, 4.69) is 39.2 Å². The molecule has 0 aromatic carbocycles. The molecule has 1 aliphatic heterocycles. The number of hydrogen-bond donors (Lipinski definition) is 1. The molecule has 0 bridgehead atoms. The third-order valence-corrected chi connectivity index (χ3v) is 4.04. The Morgan fingerprint density at radius 2 is 2.13 bits per heavy atom. The summed E-state index contributed by atoms with van der Waals surface area (Å²) in [6, 6.07) is 0. The van der Waals surface area contributed by atoms with Crippen molar-refractivity contribution in [2.45, 2.75) is 46.8 Å². The van der Waals surface area contributed by atoms with Crippen LogP contribution in [0.3, 0.4) is 0 Å². The van der Waals surface area contributed by atoms with Gasteiger partial charge in [0, 0.05) is 26.7 Å². The van der Waals surface area contributed by atoms with Crippen molar-refractivity contribution in [3.63, 3.8) is 0 Å². The van der Waals surface area contributed by atoms with Gasteiger partial charge in [0.2, 0.25) is 5.89 Å². The second kappa shape index (κ2) is 8.29. The van der Waals surface area contributed by atoms with Crippen LogP contribution in [0.15, 0.2) is 9.52 Å². The zero-order valence-corrected chi connectivity index (χ0v) is 14.9. The topological polar surface area (TPSA) is 75.8 Å². The summed E-state index contributed by atoms with van der Waals surface area (Å²) in [7, 11) is 1.81. The van der Waals surface area contributed by atoms with Crippen LogP contribution < -0.4 is 5.32 Å². The third-order valence-electron chi connectivity index (χ3n) is 4.04. The van der Waals surface area contributed by atoms with Gasteiger partial charge in [0.25, 0.3) is 0 Å². The second-order valence-corrected chi connectivity index (χ2v) is 6.40. The molecule has 3 unspecified atom stereocenters. The van der Waals surface area contributed by atoms with Gasteiger partial charge in [0.15, 0.2) is 11.8 Å². The van der Waals surface area contributed by atoms with Crippen molar-refractivity contribution in [2.75, 3.05) is 26.7 Å². The molecule has 0 aliphatic carbocycles. The Bertz CT molecular complexity index is 506. The molecule has 0 amide bonds. The van der Waals surface area contributed by atoms with Crippen LogP contribution in [0.25, 0.3) is 0 Å². The quantitative estimate of drug-likeness (QED) is 0.661. The molecule has 7 heteroatoms. The molecule has 0 saturated carbocycles. The number of piperidine rings is 1. The fourth-order valence-electron chi connectivity index (χ4n) is 3.15. The van der Waals surface area contributed by atoms with Crippen molar-refractivity contribution in [1.29, 1.82) is 0 Å². The minimum absolute atomic E-state index is 0.152. The van der Waals surface area contributed by atoms with E-state index in [0.717, 1.165) is 19.0 Å². The summed E-state index contributed by atoms with van der Waals surface area (Å²) in [5.74, 6) is 3.38. The zero-order chi connectivity index (χ0) is 16.8. The first kappa shape index (κ1) is 17.7. The van der Waals surface area contributed by atoms with E-state index < -0.39 is 0 Å². The van der Waals surface area contributed by atoms with Crippen molar-refractivity contribution in [2.24, 2.45) is 16.8 Å². The number of aliphatic imine (C=N–C) groups is 1. The van der Waals surface area contributed by atoms with Crippen LogP contribution in [0.5, 0.6) is 0 Å². The molecule has 0 radical (unpaired) electrons. The van der Waals surface area contributed by atoms with E-state index in [1.807, 2.05) is 20.9 Å². The summed E-state index contributed by atoms with van der Waals surface area (Å²) >= 11 is 0. The van der Waals surface area contributed by atoms with Gasteiger partial charge in [0.05, 0.1) is 6.54 Å². The van der Waals surface area contributed by atoms with Crippen molar-refractivity contribution in [3.05, 3.63) is 11.7 Å². The van der Waals surface area contributed by atoms with Crippen LogP contribution in [0.1, 0.15) is 51.9 Å². The molecule has 1 aromatic rings. The van der Waals surface area contributed by atoms with Crippen molar-refractivity contribution in [3.8, 4) is 0 Å². The summed E-state index contributed by atoms with van der Waals surface area (Å²) in [5.41, 5.74) is 0. The number of ether oxygens (including phenoxy) is 1. The molecule has 23 heavy (non-hydrogen) atoms. The first-order chi connectivity index (χ1) is 11.0. The number of rotatable bonds is 5. The highest BCUT2D eigenvalue weighted by atomic mass is 16.5. The van der Waals surface area contributed by atoms with Gasteiger partial charge in [-0.1, -0.05) is 19.0 Å². The number of aromatic nitrogens is 2. The molecular formula is C16H29N5O2. The van der Waals surface area contributed by atoms with Gasteiger partial charge in [0.1, 0.15) is 6.10 Å². The lowest BCUT2D eigenvalue weighted by Crippen LogP contribution is -2.48. The smallest absolute Gasteiger partial charge is 0.246 e. The first-order valence-electron chi connectivity index (χ1n) is 8.43. The Balaban J connectivity index is 1.91. The summed E-state index contributed by atoms with van der Waals surface area (Å²) in [5, 5.41) is 7.29. The van der Waals surface area contributed by atoms with Crippen LogP contribution in [0.4, 0.5) is 0 Å². The van der Waals surface area contributed by atoms with Gasteiger partial charge in [-0.25, -0.2) is 0 Å². The van der Waals surface area contributed by atoms with Crippen LogP contribution in [-0.2, 0) is 11.3 Å².